The Morgan fingerprint density at radius 3 is 2.52 bits per heavy atom. The lowest BCUT2D eigenvalue weighted by Crippen LogP contribution is -2.30. The standard InChI is InChI=1S/C21H23N5O3/c1-14-10-16(11-17(13-22)21(23)27)15(2)25(14)18-6-7-19(20(12-18)26(28)29)24-8-4-3-5-9-24/h6-7,10-12H,3-5,8-9H2,1-2H3,(H2,23,27)/b17-11-. The highest BCUT2D eigenvalue weighted by atomic mass is 16.6. The zero-order valence-corrected chi connectivity index (χ0v) is 16.5. The molecule has 2 N–H and O–H groups in total. The summed E-state index contributed by atoms with van der Waals surface area (Å²) in [5.41, 5.74) is 8.71. The van der Waals surface area contributed by atoms with Gasteiger partial charge in [-0.3, -0.25) is 14.9 Å². The van der Waals surface area contributed by atoms with E-state index in [1.54, 1.807) is 18.2 Å². The van der Waals surface area contributed by atoms with Crippen molar-refractivity contribution in [2.45, 2.75) is 33.1 Å². The van der Waals surface area contributed by atoms with Crippen molar-refractivity contribution in [2.75, 3.05) is 18.0 Å². The van der Waals surface area contributed by atoms with Crippen LogP contribution in [0, 0.1) is 35.3 Å². The second-order valence-electron chi connectivity index (χ2n) is 7.17. The Bertz CT molecular complexity index is 1040. The highest BCUT2D eigenvalue weighted by Crippen LogP contribution is 2.34. The third-order valence-corrected chi connectivity index (χ3v) is 5.27. The molecule has 1 amide bonds. The molecule has 150 valence electrons. The molecule has 1 aliphatic rings. The van der Waals surface area contributed by atoms with Crippen molar-refractivity contribution in [3.8, 4) is 11.8 Å². The molecule has 1 aliphatic heterocycles. The van der Waals surface area contributed by atoms with Crippen LogP contribution in [0.15, 0.2) is 29.8 Å². The number of carbonyl (C=O) groups is 1. The number of nitrogens with zero attached hydrogens (tertiary/aromatic N) is 4. The van der Waals surface area contributed by atoms with E-state index in [-0.39, 0.29) is 16.2 Å². The molecule has 29 heavy (non-hydrogen) atoms. The van der Waals surface area contributed by atoms with Gasteiger partial charge in [-0.2, -0.15) is 5.26 Å². The number of hydrogen-bond donors (Lipinski definition) is 1. The number of aryl methyl sites for hydroxylation is 1. The summed E-state index contributed by atoms with van der Waals surface area (Å²) in [6.45, 7) is 5.34. The zero-order chi connectivity index (χ0) is 21.1. The molecule has 0 bridgehead atoms. The van der Waals surface area contributed by atoms with Gasteiger partial charge in [0.25, 0.3) is 11.6 Å². The zero-order valence-electron chi connectivity index (χ0n) is 16.5. The molecule has 0 saturated carbocycles. The Kier molecular flexibility index (Phi) is 5.69. The first-order valence-electron chi connectivity index (χ1n) is 9.47. The van der Waals surface area contributed by atoms with Crippen LogP contribution in [0.4, 0.5) is 11.4 Å². The van der Waals surface area contributed by atoms with Crippen LogP contribution in [-0.4, -0.2) is 28.5 Å². The number of aromatic nitrogens is 1. The Morgan fingerprint density at radius 2 is 1.93 bits per heavy atom. The molecular formula is C21H23N5O3. The van der Waals surface area contributed by atoms with Crippen molar-refractivity contribution < 1.29 is 9.72 Å². The molecule has 3 rings (SSSR count). The molecule has 0 atom stereocenters. The van der Waals surface area contributed by atoms with Gasteiger partial charge in [-0.1, -0.05) is 0 Å². The van der Waals surface area contributed by atoms with Crippen molar-refractivity contribution in [3.63, 3.8) is 0 Å². The van der Waals surface area contributed by atoms with Crippen molar-refractivity contribution in [1.29, 1.82) is 5.26 Å². The van der Waals surface area contributed by atoms with Gasteiger partial charge >= 0.3 is 0 Å². The number of piperidine rings is 1. The first-order valence-corrected chi connectivity index (χ1v) is 9.47. The van der Waals surface area contributed by atoms with Crippen molar-refractivity contribution >= 4 is 23.4 Å². The molecule has 1 aromatic carbocycles. The van der Waals surface area contributed by atoms with Gasteiger partial charge in [0, 0.05) is 30.5 Å². The molecule has 2 heterocycles. The number of carbonyl (C=O) groups excluding carboxylic acids is 1. The molecule has 2 aromatic rings. The first-order chi connectivity index (χ1) is 13.8. The molecule has 0 unspecified atom stereocenters. The molecule has 0 radical (unpaired) electrons. The molecule has 0 spiro atoms. The summed E-state index contributed by atoms with van der Waals surface area (Å²) in [6.07, 6.45) is 4.66. The maximum atomic E-state index is 11.8. The predicted molar refractivity (Wildman–Crippen MR) is 111 cm³/mol. The summed E-state index contributed by atoms with van der Waals surface area (Å²) < 4.78 is 1.87. The highest BCUT2D eigenvalue weighted by Gasteiger charge is 2.23. The Balaban J connectivity index is 2.07. The number of nitrogens with two attached hydrogens (primary N) is 1. The minimum Gasteiger partial charge on any atom is -0.366 e. The topological polar surface area (TPSA) is 118 Å². The average Bonchev–Trinajstić information content (AvgIpc) is 2.99. The van der Waals surface area contributed by atoms with E-state index in [1.165, 1.54) is 6.08 Å². The van der Waals surface area contributed by atoms with Crippen molar-refractivity contribution in [2.24, 2.45) is 5.73 Å². The largest absolute Gasteiger partial charge is 0.366 e. The lowest BCUT2D eigenvalue weighted by molar-refractivity contribution is -0.384. The van der Waals surface area contributed by atoms with Crippen LogP contribution in [0.25, 0.3) is 11.8 Å². The first kappa shape index (κ1) is 20.1. The van der Waals surface area contributed by atoms with Crippen LogP contribution in [0.2, 0.25) is 0 Å². The summed E-state index contributed by atoms with van der Waals surface area (Å²) in [5, 5.41) is 20.8. The van der Waals surface area contributed by atoms with Gasteiger partial charge in [0.15, 0.2) is 0 Å². The van der Waals surface area contributed by atoms with Gasteiger partial charge in [0.05, 0.1) is 10.6 Å². The maximum Gasteiger partial charge on any atom is 0.294 e. The summed E-state index contributed by atoms with van der Waals surface area (Å²) in [6, 6.07) is 8.86. The second-order valence-corrected chi connectivity index (χ2v) is 7.17. The van der Waals surface area contributed by atoms with E-state index in [0.29, 0.717) is 16.9 Å². The van der Waals surface area contributed by atoms with Crippen LogP contribution in [0.3, 0.4) is 0 Å². The number of nitro benzene ring substituents is 1. The van der Waals surface area contributed by atoms with Gasteiger partial charge in [0.2, 0.25) is 0 Å². The SMILES string of the molecule is Cc1cc(/C=C(/C#N)C(N)=O)c(C)n1-c1ccc(N2CCCCC2)c([N+](=O)[O-])c1. The second kappa shape index (κ2) is 8.19. The van der Waals surface area contributed by atoms with E-state index >= 15 is 0 Å². The number of benzene rings is 1. The quantitative estimate of drug-likeness (QED) is 0.361. The minimum atomic E-state index is -0.793. The Labute approximate surface area is 169 Å². The molecule has 8 nitrogen and oxygen atoms in total. The van der Waals surface area contributed by atoms with Gasteiger partial charge in [-0.05, 0) is 62.9 Å². The van der Waals surface area contributed by atoms with Crippen molar-refractivity contribution in [3.05, 3.63) is 56.9 Å². The van der Waals surface area contributed by atoms with E-state index < -0.39 is 5.91 Å². The van der Waals surface area contributed by atoms with Gasteiger partial charge in [0.1, 0.15) is 17.3 Å². The van der Waals surface area contributed by atoms with Gasteiger partial charge in [-0.15, -0.1) is 0 Å². The monoisotopic (exact) mass is 393 g/mol. The van der Waals surface area contributed by atoms with E-state index in [9.17, 15) is 14.9 Å². The number of primary amides is 1. The molecule has 1 aromatic heterocycles. The fourth-order valence-electron chi connectivity index (χ4n) is 3.84. The minimum absolute atomic E-state index is 0.0730. The molecule has 8 heteroatoms. The third-order valence-electron chi connectivity index (χ3n) is 5.27. The molecule has 1 saturated heterocycles. The summed E-state index contributed by atoms with van der Waals surface area (Å²) in [4.78, 5) is 24.8. The van der Waals surface area contributed by atoms with E-state index in [2.05, 4.69) is 4.90 Å². The van der Waals surface area contributed by atoms with Gasteiger partial charge < -0.3 is 15.2 Å². The van der Waals surface area contributed by atoms with Crippen LogP contribution in [-0.2, 0) is 4.79 Å². The molecular weight excluding hydrogens is 370 g/mol. The summed E-state index contributed by atoms with van der Waals surface area (Å²) in [7, 11) is 0. The number of anilines is 1. The van der Waals surface area contributed by atoms with E-state index in [0.717, 1.165) is 43.7 Å². The van der Waals surface area contributed by atoms with Crippen LogP contribution in [0.1, 0.15) is 36.2 Å². The smallest absolute Gasteiger partial charge is 0.294 e. The highest BCUT2D eigenvalue weighted by molar-refractivity contribution is 6.00. The van der Waals surface area contributed by atoms with Crippen molar-refractivity contribution in [1.82, 2.24) is 4.57 Å². The van der Waals surface area contributed by atoms with E-state index in [1.807, 2.05) is 30.5 Å². The normalized spacial score (nSPS) is 14.5. The fourth-order valence-corrected chi connectivity index (χ4v) is 3.84. The summed E-state index contributed by atoms with van der Waals surface area (Å²) >= 11 is 0. The lowest BCUT2D eigenvalue weighted by Gasteiger charge is -2.28. The Morgan fingerprint density at radius 1 is 1.24 bits per heavy atom. The predicted octanol–water partition coefficient (Wildman–Crippen LogP) is 3.38. The number of hydrogen-bond acceptors (Lipinski definition) is 5. The lowest BCUT2D eigenvalue weighted by atomic mass is 10.1. The van der Waals surface area contributed by atoms with Gasteiger partial charge in [-0.25, -0.2) is 0 Å². The maximum absolute atomic E-state index is 11.8. The average molecular weight is 393 g/mol. The number of nitriles is 1. The number of amides is 1. The fraction of sp³-hybridized carbons (Fsp3) is 0.333. The van der Waals surface area contributed by atoms with E-state index in [4.69, 9.17) is 11.0 Å². The molecule has 1 fully saturated rings. The number of rotatable bonds is 5. The van der Waals surface area contributed by atoms with Crippen LogP contribution < -0.4 is 10.6 Å². The molecule has 0 aliphatic carbocycles. The summed E-state index contributed by atoms with van der Waals surface area (Å²) in [5.74, 6) is -0.793. The third kappa shape index (κ3) is 3.99. The Hall–Kier alpha value is -3.60. The van der Waals surface area contributed by atoms with Crippen LogP contribution in [0.5, 0.6) is 0 Å². The van der Waals surface area contributed by atoms with Crippen LogP contribution >= 0.6 is 0 Å². The number of nitro groups is 1.